The van der Waals surface area contributed by atoms with Gasteiger partial charge in [0.2, 0.25) is 5.78 Å². The van der Waals surface area contributed by atoms with Gasteiger partial charge in [-0.3, -0.25) is 4.40 Å². The Bertz CT molecular complexity index is 1450. The van der Waals surface area contributed by atoms with Crippen molar-refractivity contribution < 1.29 is 17.6 Å². The molecule has 0 fully saturated rings. The van der Waals surface area contributed by atoms with Crippen molar-refractivity contribution in [2.75, 3.05) is 0 Å². The van der Waals surface area contributed by atoms with Gasteiger partial charge in [0, 0.05) is 29.1 Å². The van der Waals surface area contributed by atoms with Crippen LogP contribution in [-0.2, 0) is 6.18 Å². The highest BCUT2D eigenvalue weighted by Crippen LogP contribution is 2.35. The smallest absolute Gasteiger partial charge is 0.282 e. The lowest BCUT2D eigenvalue weighted by atomic mass is 10.0. The van der Waals surface area contributed by atoms with E-state index in [4.69, 9.17) is 0 Å². The first kappa shape index (κ1) is 20.9. The molecule has 5 rings (SSSR count). The Balaban J connectivity index is 1.74. The van der Waals surface area contributed by atoms with E-state index < -0.39 is 11.7 Å². The number of rotatable bonds is 3. The standard InChI is InChI=1S/C26H17F4N3/c1-16-5-7-18(8-6-16)24-23(17-9-11-22(27)12-10-17)32-25-31-14-20(15-33(24)25)19-3-2-4-21(13-19)26(28,29)30/h2-15H,1H3. The first-order chi connectivity index (χ1) is 15.8. The van der Waals surface area contributed by atoms with E-state index >= 15 is 0 Å². The van der Waals surface area contributed by atoms with Gasteiger partial charge in [-0.05, 0) is 48.9 Å². The SMILES string of the molecule is Cc1ccc(-c2c(-c3ccc(F)cc3)nc3ncc(-c4cccc(C(F)(F)F)c4)cn23)cc1. The number of nitrogens with zero attached hydrogens (tertiary/aromatic N) is 3. The van der Waals surface area contributed by atoms with Crippen molar-refractivity contribution >= 4 is 5.78 Å². The van der Waals surface area contributed by atoms with Gasteiger partial charge >= 0.3 is 6.18 Å². The van der Waals surface area contributed by atoms with Crippen LogP contribution >= 0.6 is 0 Å². The Morgan fingerprint density at radius 2 is 1.48 bits per heavy atom. The van der Waals surface area contributed by atoms with Crippen molar-refractivity contribution in [1.29, 1.82) is 0 Å². The summed E-state index contributed by atoms with van der Waals surface area (Å²) >= 11 is 0. The van der Waals surface area contributed by atoms with Gasteiger partial charge in [-0.25, -0.2) is 14.4 Å². The van der Waals surface area contributed by atoms with Crippen LogP contribution < -0.4 is 0 Å². The zero-order valence-electron chi connectivity index (χ0n) is 17.4. The van der Waals surface area contributed by atoms with Gasteiger partial charge < -0.3 is 0 Å². The van der Waals surface area contributed by atoms with Gasteiger partial charge in [-0.1, -0.05) is 42.0 Å². The predicted molar refractivity (Wildman–Crippen MR) is 119 cm³/mol. The molecule has 0 saturated carbocycles. The minimum Gasteiger partial charge on any atom is -0.282 e. The molecule has 0 atom stereocenters. The largest absolute Gasteiger partial charge is 0.416 e. The molecule has 0 radical (unpaired) electrons. The fourth-order valence-electron chi connectivity index (χ4n) is 3.75. The number of benzene rings is 3. The van der Waals surface area contributed by atoms with Gasteiger partial charge in [0.25, 0.3) is 0 Å². The van der Waals surface area contributed by atoms with Gasteiger partial charge in [-0.15, -0.1) is 0 Å². The molecule has 0 aliphatic heterocycles. The summed E-state index contributed by atoms with van der Waals surface area (Å²) < 4.78 is 54.9. The van der Waals surface area contributed by atoms with Crippen LogP contribution in [0.4, 0.5) is 17.6 Å². The number of hydrogen-bond acceptors (Lipinski definition) is 2. The third-order valence-electron chi connectivity index (χ3n) is 5.45. The van der Waals surface area contributed by atoms with Crippen molar-refractivity contribution in [3.05, 3.63) is 102 Å². The van der Waals surface area contributed by atoms with Gasteiger partial charge in [0.05, 0.1) is 17.0 Å². The summed E-state index contributed by atoms with van der Waals surface area (Å²) in [4.78, 5) is 9.07. The maximum Gasteiger partial charge on any atom is 0.416 e. The Morgan fingerprint density at radius 1 is 0.788 bits per heavy atom. The molecular weight excluding hydrogens is 430 g/mol. The molecule has 0 aliphatic carbocycles. The lowest BCUT2D eigenvalue weighted by Gasteiger charge is -2.10. The molecule has 5 aromatic rings. The van der Waals surface area contributed by atoms with E-state index in [-0.39, 0.29) is 5.82 Å². The van der Waals surface area contributed by atoms with Gasteiger partial charge in [0.1, 0.15) is 5.82 Å². The number of hydrogen-bond donors (Lipinski definition) is 0. The molecule has 2 aromatic heterocycles. The molecule has 0 spiro atoms. The molecule has 0 aliphatic rings. The van der Waals surface area contributed by atoms with E-state index in [1.54, 1.807) is 28.8 Å². The summed E-state index contributed by atoms with van der Waals surface area (Å²) in [6.45, 7) is 1.98. The van der Waals surface area contributed by atoms with Crippen molar-refractivity contribution in [2.45, 2.75) is 13.1 Å². The highest BCUT2D eigenvalue weighted by Gasteiger charge is 2.30. The minimum absolute atomic E-state index is 0.357. The zero-order valence-corrected chi connectivity index (χ0v) is 17.4. The molecule has 0 N–H and O–H groups in total. The topological polar surface area (TPSA) is 30.2 Å². The normalized spacial score (nSPS) is 11.8. The van der Waals surface area contributed by atoms with Gasteiger partial charge in [0.15, 0.2) is 0 Å². The molecular formula is C26H17F4N3. The number of imidazole rings is 1. The maximum absolute atomic E-state index is 13.5. The predicted octanol–water partition coefficient (Wildman–Crippen LogP) is 7.20. The van der Waals surface area contributed by atoms with E-state index in [0.717, 1.165) is 29.0 Å². The average Bonchev–Trinajstić information content (AvgIpc) is 3.18. The fourth-order valence-corrected chi connectivity index (χ4v) is 3.75. The van der Waals surface area contributed by atoms with Crippen molar-refractivity contribution in [3.63, 3.8) is 0 Å². The van der Waals surface area contributed by atoms with E-state index in [2.05, 4.69) is 9.97 Å². The molecule has 0 amide bonds. The molecule has 0 bridgehead atoms. The third kappa shape index (κ3) is 3.98. The molecule has 3 nitrogen and oxygen atoms in total. The van der Waals surface area contributed by atoms with Crippen LogP contribution in [0.5, 0.6) is 0 Å². The van der Waals surface area contributed by atoms with Crippen LogP contribution in [0.1, 0.15) is 11.1 Å². The average molecular weight is 447 g/mol. The second kappa shape index (κ2) is 7.85. The summed E-state index contributed by atoms with van der Waals surface area (Å²) in [5, 5.41) is 0. The number of fused-ring (bicyclic) bond motifs is 1. The van der Waals surface area contributed by atoms with Crippen LogP contribution in [-0.4, -0.2) is 14.4 Å². The highest BCUT2D eigenvalue weighted by molar-refractivity contribution is 5.82. The number of alkyl halides is 3. The Morgan fingerprint density at radius 3 is 2.18 bits per heavy atom. The first-order valence-corrected chi connectivity index (χ1v) is 10.2. The lowest BCUT2D eigenvalue weighted by molar-refractivity contribution is -0.137. The van der Waals surface area contributed by atoms with E-state index in [9.17, 15) is 17.6 Å². The molecule has 2 heterocycles. The van der Waals surface area contributed by atoms with Crippen LogP contribution in [0.25, 0.3) is 39.4 Å². The molecule has 3 aromatic carbocycles. The van der Waals surface area contributed by atoms with Crippen LogP contribution in [0.3, 0.4) is 0 Å². The quantitative estimate of drug-likeness (QED) is 0.274. The fraction of sp³-hybridized carbons (Fsp3) is 0.0769. The summed E-state index contributed by atoms with van der Waals surface area (Å²) in [6, 6.07) is 19.0. The van der Waals surface area contributed by atoms with Crippen LogP contribution in [0, 0.1) is 12.7 Å². The highest BCUT2D eigenvalue weighted by atomic mass is 19.4. The Kier molecular flexibility index (Phi) is 4.96. The lowest BCUT2D eigenvalue weighted by Crippen LogP contribution is -2.04. The molecule has 7 heteroatoms. The van der Waals surface area contributed by atoms with Crippen molar-refractivity contribution in [2.24, 2.45) is 0 Å². The molecule has 0 unspecified atom stereocenters. The maximum atomic E-state index is 13.5. The van der Waals surface area contributed by atoms with E-state index in [1.165, 1.54) is 24.4 Å². The van der Waals surface area contributed by atoms with Crippen molar-refractivity contribution in [1.82, 2.24) is 14.4 Å². The molecule has 164 valence electrons. The first-order valence-electron chi connectivity index (χ1n) is 10.2. The summed E-state index contributed by atoms with van der Waals surface area (Å²) in [6.07, 6.45) is -1.20. The second-order valence-corrected chi connectivity index (χ2v) is 7.77. The Labute approximate surface area is 187 Å². The van der Waals surface area contributed by atoms with Gasteiger partial charge in [-0.2, -0.15) is 13.2 Å². The van der Waals surface area contributed by atoms with Crippen LogP contribution in [0.15, 0.2) is 85.2 Å². The third-order valence-corrected chi connectivity index (χ3v) is 5.45. The summed E-state index contributed by atoms with van der Waals surface area (Å²) in [5.74, 6) is 0.0324. The molecule has 33 heavy (non-hydrogen) atoms. The number of aryl methyl sites for hydroxylation is 1. The van der Waals surface area contributed by atoms with Crippen molar-refractivity contribution in [3.8, 4) is 33.6 Å². The minimum atomic E-state index is -4.44. The zero-order chi connectivity index (χ0) is 23.2. The van der Waals surface area contributed by atoms with E-state index in [0.29, 0.717) is 28.2 Å². The van der Waals surface area contributed by atoms with E-state index in [1.807, 2.05) is 31.2 Å². The monoisotopic (exact) mass is 447 g/mol. The molecule has 0 saturated heterocycles. The summed E-state index contributed by atoms with van der Waals surface area (Å²) in [5.41, 5.74) is 4.16. The second-order valence-electron chi connectivity index (χ2n) is 7.77. The van der Waals surface area contributed by atoms with Crippen LogP contribution in [0.2, 0.25) is 0 Å². The number of halogens is 4. The Hall–Kier alpha value is -4.00. The summed E-state index contributed by atoms with van der Waals surface area (Å²) in [7, 11) is 0. The number of aromatic nitrogens is 3.